The minimum Gasteiger partial charge on any atom is -0.393 e. The lowest BCUT2D eigenvalue weighted by Gasteiger charge is -2.18. The van der Waals surface area contributed by atoms with Gasteiger partial charge in [0.05, 0.1) is 16.7 Å². The molecule has 2 nitrogen and oxygen atoms in total. The van der Waals surface area contributed by atoms with E-state index < -0.39 is 11.7 Å². The lowest BCUT2D eigenvalue weighted by molar-refractivity contribution is -0.137. The number of halogens is 4. The van der Waals surface area contributed by atoms with Crippen molar-refractivity contribution in [1.29, 1.82) is 0 Å². The molecular weight excluding hydrogens is 291 g/mol. The van der Waals surface area contributed by atoms with Gasteiger partial charge in [0.25, 0.3) is 0 Å². The molecule has 0 spiro atoms. The third kappa shape index (κ3) is 3.65. The summed E-state index contributed by atoms with van der Waals surface area (Å²) in [6.45, 7) is 3.70. The molecule has 1 aromatic carbocycles. The molecule has 2 atom stereocenters. The fourth-order valence-electron chi connectivity index (χ4n) is 2.55. The minimum atomic E-state index is -4.43. The summed E-state index contributed by atoms with van der Waals surface area (Å²) in [7, 11) is 0. The zero-order chi connectivity index (χ0) is 14.9. The van der Waals surface area contributed by atoms with Crippen LogP contribution in [0.5, 0.6) is 0 Å². The van der Waals surface area contributed by atoms with Crippen molar-refractivity contribution in [3.05, 3.63) is 34.3 Å². The molecule has 1 N–H and O–H groups in total. The quantitative estimate of drug-likeness (QED) is 0.923. The molecule has 6 heteroatoms. The topological polar surface area (TPSA) is 23.5 Å². The van der Waals surface area contributed by atoms with E-state index in [-0.39, 0.29) is 17.0 Å². The first kappa shape index (κ1) is 15.6. The summed E-state index contributed by atoms with van der Waals surface area (Å²) in [6.07, 6.45) is -3.94. The van der Waals surface area contributed by atoms with Crippen LogP contribution in [0.4, 0.5) is 13.2 Å². The summed E-state index contributed by atoms with van der Waals surface area (Å²) >= 11 is 5.60. The molecule has 1 aromatic rings. The number of benzene rings is 1. The predicted molar refractivity (Wildman–Crippen MR) is 71.5 cm³/mol. The molecule has 0 aliphatic carbocycles. The second-order valence-electron chi connectivity index (χ2n) is 5.34. The van der Waals surface area contributed by atoms with Gasteiger partial charge in [-0.25, -0.2) is 0 Å². The highest BCUT2D eigenvalue weighted by atomic mass is 35.5. The van der Waals surface area contributed by atoms with Crippen LogP contribution < -0.4 is 0 Å². The van der Waals surface area contributed by atoms with E-state index in [2.05, 4.69) is 4.90 Å². The number of hydrogen-bond acceptors (Lipinski definition) is 2. The third-order valence-corrected chi connectivity index (χ3v) is 4.06. The van der Waals surface area contributed by atoms with E-state index in [1.165, 1.54) is 6.07 Å². The fourth-order valence-corrected chi connectivity index (χ4v) is 2.77. The Morgan fingerprint density at radius 1 is 1.45 bits per heavy atom. The molecule has 0 aromatic heterocycles. The zero-order valence-electron chi connectivity index (χ0n) is 11.1. The van der Waals surface area contributed by atoms with Crippen molar-refractivity contribution in [1.82, 2.24) is 4.90 Å². The predicted octanol–water partition coefficient (Wildman–Crippen LogP) is 3.56. The molecule has 1 aliphatic heterocycles. The molecule has 20 heavy (non-hydrogen) atoms. The van der Waals surface area contributed by atoms with Gasteiger partial charge in [-0.2, -0.15) is 13.2 Å². The van der Waals surface area contributed by atoms with Crippen LogP contribution in [0.25, 0.3) is 0 Å². The smallest absolute Gasteiger partial charge is 0.393 e. The van der Waals surface area contributed by atoms with Gasteiger partial charge in [-0.15, -0.1) is 0 Å². The molecule has 2 unspecified atom stereocenters. The Kier molecular flexibility index (Phi) is 4.62. The van der Waals surface area contributed by atoms with Crippen LogP contribution in [0, 0.1) is 5.92 Å². The first-order chi connectivity index (χ1) is 9.27. The molecule has 0 amide bonds. The molecule has 0 radical (unpaired) electrons. The summed E-state index contributed by atoms with van der Waals surface area (Å²) < 4.78 is 38.3. The minimum absolute atomic E-state index is 0.199. The lowest BCUT2D eigenvalue weighted by Crippen LogP contribution is -2.24. The molecule has 0 saturated carbocycles. The Labute approximate surface area is 121 Å². The van der Waals surface area contributed by atoms with Crippen LogP contribution in [0.2, 0.25) is 5.02 Å². The Morgan fingerprint density at radius 2 is 2.15 bits per heavy atom. The van der Waals surface area contributed by atoms with Crippen LogP contribution in [0.1, 0.15) is 24.5 Å². The fraction of sp³-hybridized carbons (Fsp3) is 0.571. The summed E-state index contributed by atoms with van der Waals surface area (Å²) in [6, 6.07) is 4.02. The lowest BCUT2D eigenvalue weighted by atomic mass is 10.0. The second-order valence-corrected chi connectivity index (χ2v) is 5.74. The van der Waals surface area contributed by atoms with Gasteiger partial charge in [0.15, 0.2) is 0 Å². The third-order valence-electron chi connectivity index (χ3n) is 3.73. The van der Waals surface area contributed by atoms with E-state index in [1.54, 1.807) is 13.0 Å². The maximum absolute atomic E-state index is 12.8. The van der Waals surface area contributed by atoms with Crippen molar-refractivity contribution in [2.45, 2.75) is 32.2 Å². The molecule has 1 aliphatic rings. The van der Waals surface area contributed by atoms with Crippen LogP contribution in [0.15, 0.2) is 18.2 Å². The van der Waals surface area contributed by atoms with E-state index in [9.17, 15) is 18.3 Å². The van der Waals surface area contributed by atoms with Crippen molar-refractivity contribution in [3.63, 3.8) is 0 Å². The van der Waals surface area contributed by atoms with Gasteiger partial charge in [-0.3, -0.25) is 4.90 Å². The normalized spacial score (nSPS) is 22.2. The summed E-state index contributed by atoms with van der Waals surface area (Å²) in [4.78, 5) is 2.06. The van der Waals surface area contributed by atoms with Gasteiger partial charge in [0.2, 0.25) is 0 Å². The van der Waals surface area contributed by atoms with E-state index in [1.807, 2.05) is 0 Å². The highest BCUT2D eigenvalue weighted by Crippen LogP contribution is 2.35. The van der Waals surface area contributed by atoms with Crippen LogP contribution in [-0.2, 0) is 12.7 Å². The SMILES string of the molecule is CC(O)C1CCN(Cc2ccc(Cl)c(C(F)(F)F)c2)C1. The van der Waals surface area contributed by atoms with Crippen molar-refractivity contribution in [2.24, 2.45) is 5.92 Å². The highest BCUT2D eigenvalue weighted by molar-refractivity contribution is 6.31. The van der Waals surface area contributed by atoms with Crippen LogP contribution in [0.3, 0.4) is 0 Å². The Morgan fingerprint density at radius 3 is 2.70 bits per heavy atom. The summed E-state index contributed by atoms with van der Waals surface area (Å²) in [5.74, 6) is 0.199. The van der Waals surface area contributed by atoms with Gasteiger partial charge < -0.3 is 5.11 Å². The standard InChI is InChI=1S/C14H17ClF3NO/c1-9(20)11-4-5-19(8-11)7-10-2-3-13(15)12(6-10)14(16,17)18/h2-3,6,9,11,20H,4-5,7-8H2,1H3. The Hall–Kier alpha value is -0.780. The molecular formula is C14H17ClF3NO. The molecule has 0 bridgehead atoms. The number of rotatable bonds is 3. The van der Waals surface area contributed by atoms with Gasteiger partial charge in [-0.1, -0.05) is 17.7 Å². The Balaban J connectivity index is 2.08. The molecule has 1 heterocycles. The monoisotopic (exact) mass is 307 g/mol. The van der Waals surface area contributed by atoms with Crippen molar-refractivity contribution >= 4 is 11.6 Å². The molecule has 1 fully saturated rings. The summed E-state index contributed by atoms with van der Waals surface area (Å²) in [5.41, 5.74) is -0.198. The van der Waals surface area contributed by atoms with Gasteiger partial charge >= 0.3 is 6.18 Å². The number of aliphatic hydroxyl groups is 1. The van der Waals surface area contributed by atoms with Gasteiger partial charge in [0, 0.05) is 13.1 Å². The maximum Gasteiger partial charge on any atom is 0.417 e. The van der Waals surface area contributed by atoms with E-state index in [0.29, 0.717) is 18.7 Å². The highest BCUT2D eigenvalue weighted by Gasteiger charge is 2.33. The van der Waals surface area contributed by atoms with Crippen LogP contribution in [-0.4, -0.2) is 29.2 Å². The van der Waals surface area contributed by atoms with E-state index in [0.717, 1.165) is 19.0 Å². The van der Waals surface area contributed by atoms with Crippen molar-refractivity contribution in [2.75, 3.05) is 13.1 Å². The van der Waals surface area contributed by atoms with Crippen molar-refractivity contribution in [3.8, 4) is 0 Å². The number of hydrogen-bond donors (Lipinski definition) is 1. The maximum atomic E-state index is 12.8. The zero-order valence-corrected chi connectivity index (χ0v) is 11.9. The number of nitrogens with zero attached hydrogens (tertiary/aromatic N) is 1. The van der Waals surface area contributed by atoms with Gasteiger partial charge in [0.1, 0.15) is 0 Å². The average Bonchev–Trinajstić information content (AvgIpc) is 2.79. The number of aliphatic hydroxyl groups excluding tert-OH is 1. The number of alkyl halides is 3. The van der Waals surface area contributed by atoms with Gasteiger partial charge in [-0.05, 0) is 43.5 Å². The number of likely N-dealkylation sites (tertiary alicyclic amines) is 1. The van der Waals surface area contributed by atoms with Crippen molar-refractivity contribution < 1.29 is 18.3 Å². The average molecular weight is 308 g/mol. The molecule has 1 saturated heterocycles. The molecule has 2 rings (SSSR count). The first-order valence-corrected chi connectivity index (χ1v) is 6.91. The second kappa shape index (κ2) is 5.92. The largest absolute Gasteiger partial charge is 0.417 e. The van der Waals surface area contributed by atoms with Crippen LogP contribution >= 0.6 is 11.6 Å². The van der Waals surface area contributed by atoms with E-state index in [4.69, 9.17) is 11.6 Å². The summed E-state index contributed by atoms with van der Waals surface area (Å²) in [5, 5.41) is 9.26. The Bertz CT molecular complexity index is 476. The van der Waals surface area contributed by atoms with E-state index >= 15 is 0 Å². The first-order valence-electron chi connectivity index (χ1n) is 6.53. The molecule has 112 valence electrons.